The van der Waals surface area contributed by atoms with Gasteiger partial charge in [-0.1, -0.05) is 67.7 Å². The van der Waals surface area contributed by atoms with E-state index in [1.54, 1.807) is 4.57 Å². The monoisotopic (exact) mass is 656 g/mol. The van der Waals surface area contributed by atoms with Gasteiger partial charge in [0, 0.05) is 33.2 Å². The standard InChI is InChI=1S/C33H49N6O6P/c1-3-4-5-6-7-8-9-10-11-12-13-14-15-16-17-18-19-20-29(40)34-23-24-38(46(42,43)44-2)25-28-21-22-30(45-28)39-27-37-31-32(39)35-26-36-33(31)41/h4-5,7-8,10-11,13-14,16-17,26-28,30H,3,6,9,12,15,18-25H2,1-2H3,(H,34,40)(H,42,43)(H,35,36,41)/b5-4-,8-7-,11-10-,14-13-,17-16-/t28-,30+/m0/s1. The molecule has 3 rings (SSSR count). The molecule has 2 aromatic rings. The Morgan fingerprint density at radius 3 is 2.39 bits per heavy atom. The SMILES string of the molecule is CC/C=C\C/C=C\C/C=C\C/C=C\C/C=C\CCCC(=O)NCCN(C[C@@H]1CC[C@H](n2cnc3c(=O)[nH]cnc32)O1)P(=O)(O)OC. The van der Waals surface area contributed by atoms with Crippen LogP contribution < -0.4 is 10.9 Å². The van der Waals surface area contributed by atoms with Crippen molar-refractivity contribution < 1.29 is 23.5 Å². The Kier molecular flexibility index (Phi) is 16.6. The van der Waals surface area contributed by atoms with Crippen molar-refractivity contribution in [3.63, 3.8) is 0 Å². The topological polar surface area (TPSA) is 152 Å². The van der Waals surface area contributed by atoms with Gasteiger partial charge in [-0.25, -0.2) is 19.2 Å². The predicted molar refractivity (Wildman–Crippen MR) is 181 cm³/mol. The second-order valence-electron chi connectivity index (χ2n) is 10.9. The number of imidazole rings is 1. The number of hydrogen-bond donors (Lipinski definition) is 3. The molecule has 0 bridgehead atoms. The Bertz CT molecular complexity index is 1460. The fraction of sp³-hybridized carbons (Fsp3) is 0.515. The van der Waals surface area contributed by atoms with E-state index in [0.29, 0.717) is 24.9 Å². The number of unbranched alkanes of at least 4 members (excludes halogenated alkanes) is 1. The first-order valence-corrected chi connectivity index (χ1v) is 17.6. The molecule has 0 spiro atoms. The zero-order chi connectivity index (χ0) is 33.0. The summed E-state index contributed by atoms with van der Waals surface area (Å²) in [6.07, 6.45) is 31.6. The van der Waals surface area contributed by atoms with Gasteiger partial charge in [0.15, 0.2) is 11.2 Å². The van der Waals surface area contributed by atoms with Gasteiger partial charge >= 0.3 is 7.75 Å². The first-order chi connectivity index (χ1) is 22.4. The molecule has 3 heterocycles. The van der Waals surface area contributed by atoms with E-state index in [2.05, 4.69) is 88.0 Å². The average Bonchev–Trinajstić information content (AvgIpc) is 3.70. The summed E-state index contributed by atoms with van der Waals surface area (Å²) in [6, 6.07) is 0. The Hall–Kier alpha value is -3.41. The minimum atomic E-state index is -4.08. The first-order valence-electron chi connectivity index (χ1n) is 16.1. The van der Waals surface area contributed by atoms with Crippen LogP contribution in [0.2, 0.25) is 0 Å². The van der Waals surface area contributed by atoms with Crippen molar-refractivity contribution in [3.05, 3.63) is 83.8 Å². The van der Waals surface area contributed by atoms with E-state index in [1.165, 1.54) is 24.4 Å². The van der Waals surface area contributed by atoms with Gasteiger partial charge in [0.05, 0.1) is 18.8 Å². The molecule has 13 heteroatoms. The third-order valence-electron chi connectivity index (χ3n) is 7.39. The first kappa shape index (κ1) is 37.1. The fourth-order valence-corrected chi connectivity index (χ4v) is 5.90. The van der Waals surface area contributed by atoms with Crippen molar-refractivity contribution in [2.24, 2.45) is 0 Å². The van der Waals surface area contributed by atoms with Crippen molar-refractivity contribution in [2.45, 2.75) is 83.5 Å². The highest BCUT2D eigenvalue weighted by atomic mass is 31.2. The van der Waals surface area contributed by atoms with E-state index < -0.39 is 14.0 Å². The molecule has 1 amide bonds. The molecule has 0 aromatic carbocycles. The van der Waals surface area contributed by atoms with Crippen LogP contribution in [0.25, 0.3) is 11.2 Å². The molecule has 46 heavy (non-hydrogen) atoms. The quantitative estimate of drug-likeness (QED) is 0.0849. The summed E-state index contributed by atoms with van der Waals surface area (Å²) in [5.41, 5.74) is 0.311. The van der Waals surface area contributed by atoms with E-state index in [0.717, 1.165) is 44.9 Å². The van der Waals surface area contributed by atoms with Crippen molar-refractivity contribution in [3.8, 4) is 0 Å². The number of aromatic nitrogens is 4. The van der Waals surface area contributed by atoms with E-state index in [9.17, 15) is 19.0 Å². The van der Waals surface area contributed by atoms with Crippen LogP contribution in [-0.4, -0.2) is 67.8 Å². The number of aromatic amines is 1. The zero-order valence-corrected chi connectivity index (χ0v) is 27.9. The molecule has 1 unspecified atom stereocenters. The van der Waals surface area contributed by atoms with E-state index in [4.69, 9.17) is 9.26 Å². The highest BCUT2D eigenvalue weighted by Gasteiger charge is 2.35. The van der Waals surface area contributed by atoms with Crippen LogP contribution in [0.1, 0.15) is 77.4 Å². The number of carbonyl (C=O) groups is 1. The van der Waals surface area contributed by atoms with Crippen molar-refractivity contribution in [1.82, 2.24) is 29.5 Å². The van der Waals surface area contributed by atoms with Gasteiger partial charge in [-0.05, 0) is 57.8 Å². The number of allylic oxidation sites excluding steroid dienone is 10. The molecule has 0 saturated carbocycles. The molecule has 1 aliphatic heterocycles. The average molecular weight is 657 g/mol. The van der Waals surface area contributed by atoms with Crippen molar-refractivity contribution in [2.75, 3.05) is 26.7 Å². The number of hydrogen-bond acceptors (Lipinski definition) is 7. The number of H-pyrrole nitrogens is 1. The number of fused-ring (bicyclic) bond motifs is 1. The molecule has 1 fully saturated rings. The third-order valence-corrected chi connectivity index (χ3v) is 8.95. The minimum Gasteiger partial charge on any atom is -0.355 e. The Balaban J connectivity index is 1.30. The minimum absolute atomic E-state index is 0.107. The summed E-state index contributed by atoms with van der Waals surface area (Å²) < 4.78 is 26.8. The van der Waals surface area contributed by atoms with Gasteiger partial charge in [-0.3, -0.25) is 14.2 Å². The number of nitrogens with zero attached hydrogens (tertiary/aromatic N) is 4. The van der Waals surface area contributed by atoms with E-state index in [1.807, 2.05) is 0 Å². The Labute approximate surface area is 271 Å². The van der Waals surface area contributed by atoms with Crippen LogP contribution in [0.4, 0.5) is 0 Å². The smallest absolute Gasteiger partial charge is 0.355 e. The molecule has 2 aromatic heterocycles. The molecule has 252 valence electrons. The van der Waals surface area contributed by atoms with Crippen LogP contribution in [0.5, 0.6) is 0 Å². The van der Waals surface area contributed by atoms with Gasteiger partial charge in [-0.15, -0.1) is 0 Å². The van der Waals surface area contributed by atoms with Crippen molar-refractivity contribution >= 4 is 24.8 Å². The van der Waals surface area contributed by atoms with Gasteiger partial charge in [0.1, 0.15) is 6.23 Å². The summed E-state index contributed by atoms with van der Waals surface area (Å²) in [6.45, 7) is 2.59. The van der Waals surface area contributed by atoms with Crippen molar-refractivity contribution in [1.29, 1.82) is 0 Å². The van der Waals surface area contributed by atoms with E-state index >= 15 is 0 Å². The summed E-state index contributed by atoms with van der Waals surface area (Å²) in [5, 5.41) is 2.83. The lowest BCUT2D eigenvalue weighted by Gasteiger charge is -2.28. The largest absolute Gasteiger partial charge is 0.405 e. The summed E-state index contributed by atoms with van der Waals surface area (Å²) in [7, 11) is -2.89. The second-order valence-corrected chi connectivity index (χ2v) is 12.8. The summed E-state index contributed by atoms with van der Waals surface area (Å²) in [4.78, 5) is 45.6. The molecule has 3 N–H and O–H groups in total. The molecular formula is C33H49N6O6P. The number of carbonyl (C=O) groups excluding carboxylic acids is 1. The molecule has 1 aliphatic rings. The number of amides is 1. The molecule has 12 nitrogen and oxygen atoms in total. The van der Waals surface area contributed by atoms with Gasteiger partial charge in [0.2, 0.25) is 5.91 Å². The fourth-order valence-electron chi connectivity index (χ4n) is 4.93. The molecule has 1 saturated heterocycles. The molecule has 0 aliphatic carbocycles. The van der Waals surface area contributed by atoms with Crippen LogP contribution in [0.15, 0.2) is 78.2 Å². The number of rotatable bonds is 21. The van der Waals surface area contributed by atoms with E-state index in [-0.39, 0.29) is 42.7 Å². The van der Waals surface area contributed by atoms with Gasteiger partial charge in [-0.2, -0.15) is 0 Å². The van der Waals surface area contributed by atoms with Crippen LogP contribution in [-0.2, 0) is 18.6 Å². The lowest BCUT2D eigenvalue weighted by Crippen LogP contribution is -2.37. The Morgan fingerprint density at radius 1 is 1.09 bits per heavy atom. The maximum absolute atomic E-state index is 12.7. The van der Waals surface area contributed by atoms with Crippen LogP contribution >= 0.6 is 7.75 Å². The summed E-state index contributed by atoms with van der Waals surface area (Å²) in [5.74, 6) is -0.107. The second kappa shape index (κ2) is 20.7. The van der Waals surface area contributed by atoms with Crippen LogP contribution in [0, 0.1) is 0 Å². The molecule has 3 atom stereocenters. The van der Waals surface area contributed by atoms with Crippen LogP contribution in [0.3, 0.4) is 0 Å². The predicted octanol–water partition coefficient (Wildman–Crippen LogP) is 5.88. The third kappa shape index (κ3) is 12.8. The maximum Gasteiger partial charge on any atom is 0.405 e. The highest BCUT2D eigenvalue weighted by Crippen LogP contribution is 2.46. The number of nitrogens with one attached hydrogen (secondary N) is 2. The highest BCUT2D eigenvalue weighted by molar-refractivity contribution is 7.50. The summed E-state index contributed by atoms with van der Waals surface area (Å²) >= 11 is 0. The molecule has 0 radical (unpaired) electrons. The van der Waals surface area contributed by atoms with Gasteiger partial charge < -0.3 is 24.5 Å². The molecular weight excluding hydrogens is 607 g/mol. The maximum atomic E-state index is 12.7. The van der Waals surface area contributed by atoms with Gasteiger partial charge in [0.25, 0.3) is 5.56 Å². The lowest BCUT2D eigenvalue weighted by molar-refractivity contribution is -0.121. The number of ether oxygens (including phenoxy) is 1. The Morgan fingerprint density at radius 2 is 1.74 bits per heavy atom. The zero-order valence-electron chi connectivity index (χ0n) is 27.0. The lowest BCUT2D eigenvalue weighted by atomic mass is 10.2. The normalized spacial score (nSPS) is 18.9.